The van der Waals surface area contributed by atoms with Gasteiger partial charge in [0.15, 0.2) is 11.5 Å². The van der Waals surface area contributed by atoms with Crippen LogP contribution in [0, 0.1) is 5.92 Å². The van der Waals surface area contributed by atoms with Gasteiger partial charge in [0.2, 0.25) is 6.79 Å². The molecule has 3 atom stereocenters. The Morgan fingerprint density at radius 2 is 1.93 bits per heavy atom. The summed E-state index contributed by atoms with van der Waals surface area (Å²) in [5.74, 6) is 2.62. The number of ether oxygens (including phenoxy) is 2. The molecular weight excluding hydrogens is 356 g/mol. The molecule has 6 heterocycles. The molecule has 7 rings (SSSR count). The molecule has 1 aromatic heterocycles. The van der Waals surface area contributed by atoms with Crippen molar-refractivity contribution in [3.63, 3.8) is 0 Å². The summed E-state index contributed by atoms with van der Waals surface area (Å²) < 4.78 is 12.8. The van der Waals surface area contributed by atoms with Crippen LogP contribution < -0.4 is 9.47 Å². The van der Waals surface area contributed by atoms with Crippen LogP contribution in [0.1, 0.15) is 34.8 Å². The molecule has 0 radical (unpaired) electrons. The van der Waals surface area contributed by atoms with Crippen LogP contribution in [-0.4, -0.2) is 64.0 Å². The third kappa shape index (κ3) is 2.25. The van der Waals surface area contributed by atoms with E-state index in [9.17, 15) is 4.79 Å². The van der Waals surface area contributed by atoms with Crippen molar-refractivity contribution in [2.24, 2.45) is 13.0 Å². The van der Waals surface area contributed by atoms with Crippen LogP contribution in [0.4, 0.5) is 0 Å². The molecule has 0 spiro atoms. The number of likely N-dealkylation sites (tertiary alicyclic amines) is 1. The molecule has 5 aliphatic rings. The summed E-state index contributed by atoms with van der Waals surface area (Å²) >= 11 is 0. The van der Waals surface area contributed by atoms with E-state index in [4.69, 9.17) is 9.47 Å². The van der Waals surface area contributed by atoms with E-state index in [1.807, 2.05) is 19.2 Å². The number of nitrogens with zero attached hydrogens (tertiary/aromatic N) is 4. The molecule has 0 aliphatic carbocycles. The van der Waals surface area contributed by atoms with Gasteiger partial charge in [-0.15, -0.1) is 0 Å². The zero-order valence-corrected chi connectivity index (χ0v) is 16.0. The molecule has 0 unspecified atom stereocenters. The molecule has 4 saturated heterocycles. The second-order valence-electron chi connectivity index (χ2n) is 8.37. The lowest BCUT2D eigenvalue weighted by atomic mass is 9.75. The van der Waals surface area contributed by atoms with Gasteiger partial charge < -0.3 is 14.4 Å². The summed E-state index contributed by atoms with van der Waals surface area (Å²) in [6.45, 7) is 3.31. The molecule has 2 bridgehead atoms. The van der Waals surface area contributed by atoms with Gasteiger partial charge in [0.1, 0.15) is 5.69 Å². The largest absolute Gasteiger partial charge is 0.454 e. The molecule has 1 amide bonds. The minimum Gasteiger partial charge on any atom is -0.454 e. The molecule has 146 valence electrons. The number of hydrogen-bond donors (Lipinski definition) is 0. The second kappa shape index (κ2) is 5.98. The minimum absolute atomic E-state index is 0.104. The molecular formula is C21H24N4O3. The highest BCUT2D eigenvalue weighted by Crippen LogP contribution is 2.48. The van der Waals surface area contributed by atoms with E-state index < -0.39 is 0 Å². The van der Waals surface area contributed by atoms with Crippen LogP contribution in [0.3, 0.4) is 0 Å². The highest BCUT2D eigenvalue weighted by atomic mass is 16.7. The van der Waals surface area contributed by atoms with Crippen LogP contribution in [0.2, 0.25) is 0 Å². The van der Waals surface area contributed by atoms with Crippen LogP contribution in [0.25, 0.3) is 0 Å². The fourth-order valence-corrected chi connectivity index (χ4v) is 5.82. The first-order valence-electron chi connectivity index (χ1n) is 10.1. The lowest BCUT2D eigenvalue weighted by Crippen LogP contribution is -2.60. The molecule has 7 nitrogen and oxygen atoms in total. The van der Waals surface area contributed by atoms with Crippen LogP contribution in [0.5, 0.6) is 11.5 Å². The lowest BCUT2D eigenvalue weighted by molar-refractivity contribution is -0.00373. The number of amides is 1. The molecule has 2 aromatic rings. The van der Waals surface area contributed by atoms with Gasteiger partial charge in [0, 0.05) is 31.7 Å². The van der Waals surface area contributed by atoms with Gasteiger partial charge in [0.05, 0.1) is 6.04 Å². The van der Waals surface area contributed by atoms with E-state index >= 15 is 0 Å². The van der Waals surface area contributed by atoms with E-state index in [1.165, 1.54) is 18.4 Å². The quantitative estimate of drug-likeness (QED) is 0.796. The molecule has 0 N–H and O–H groups in total. The summed E-state index contributed by atoms with van der Waals surface area (Å²) in [6.07, 6.45) is 4.07. The third-order valence-electron chi connectivity index (χ3n) is 7.12. The summed E-state index contributed by atoms with van der Waals surface area (Å²) in [6, 6.07) is 8.76. The average molecular weight is 380 g/mol. The van der Waals surface area contributed by atoms with Gasteiger partial charge in [-0.1, -0.05) is 6.07 Å². The number of benzene rings is 1. The number of rotatable bonds is 2. The van der Waals surface area contributed by atoms with Gasteiger partial charge >= 0.3 is 0 Å². The van der Waals surface area contributed by atoms with Crippen LogP contribution in [-0.2, 0) is 7.05 Å². The van der Waals surface area contributed by atoms with E-state index in [-0.39, 0.29) is 18.7 Å². The zero-order valence-electron chi connectivity index (χ0n) is 16.0. The Kier molecular flexibility index (Phi) is 3.50. The Morgan fingerprint density at radius 3 is 2.71 bits per heavy atom. The van der Waals surface area contributed by atoms with Crippen LogP contribution in [0.15, 0.2) is 30.5 Å². The predicted octanol–water partition coefficient (Wildman–Crippen LogP) is 1.85. The molecule has 28 heavy (non-hydrogen) atoms. The fraction of sp³-hybridized carbons (Fsp3) is 0.524. The highest BCUT2D eigenvalue weighted by molar-refractivity contribution is 5.93. The Morgan fingerprint density at radius 1 is 1.11 bits per heavy atom. The number of fused-ring (bicyclic) bond motifs is 3. The fourth-order valence-electron chi connectivity index (χ4n) is 5.82. The van der Waals surface area contributed by atoms with Crippen molar-refractivity contribution in [3.8, 4) is 11.5 Å². The number of piperidine rings is 3. The monoisotopic (exact) mass is 380 g/mol. The first kappa shape index (κ1) is 16.4. The average Bonchev–Trinajstić information content (AvgIpc) is 3.46. The minimum atomic E-state index is 0.104. The molecule has 0 saturated carbocycles. The zero-order chi connectivity index (χ0) is 18.8. The maximum atomic E-state index is 13.4. The van der Waals surface area contributed by atoms with E-state index in [0.717, 1.165) is 31.1 Å². The van der Waals surface area contributed by atoms with Gasteiger partial charge in [-0.05, 0) is 55.6 Å². The normalized spacial score (nSPS) is 32.6. The smallest absolute Gasteiger partial charge is 0.272 e. The highest BCUT2D eigenvalue weighted by Gasteiger charge is 2.55. The van der Waals surface area contributed by atoms with Crippen LogP contribution >= 0.6 is 0 Å². The first-order chi connectivity index (χ1) is 13.7. The van der Waals surface area contributed by atoms with E-state index in [0.29, 0.717) is 23.6 Å². The van der Waals surface area contributed by atoms with Gasteiger partial charge in [0.25, 0.3) is 5.91 Å². The standard InChI is InChI=1S/C21H24N4O3/c1-23-16(4-7-22-23)21(26)25-11-15(14-2-3-17-18(10-14)28-12-27-17)20-19(25)13-5-8-24(20)9-6-13/h2-4,7,10,13,15,19-20H,5-6,8-9,11-12H2,1H3/t15-,19+,20+/m0/s1. The summed E-state index contributed by atoms with van der Waals surface area (Å²) in [5.41, 5.74) is 1.91. The predicted molar refractivity (Wildman–Crippen MR) is 101 cm³/mol. The van der Waals surface area contributed by atoms with Gasteiger partial charge in [-0.3, -0.25) is 14.4 Å². The van der Waals surface area contributed by atoms with Gasteiger partial charge in [-0.25, -0.2) is 0 Å². The number of aromatic nitrogens is 2. The van der Waals surface area contributed by atoms with E-state index in [1.54, 1.807) is 10.9 Å². The van der Waals surface area contributed by atoms with Crippen molar-refractivity contribution >= 4 is 5.91 Å². The van der Waals surface area contributed by atoms with Crippen molar-refractivity contribution in [1.82, 2.24) is 19.6 Å². The van der Waals surface area contributed by atoms with Crippen molar-refractivity contribution in [2.75, 3.05) is 26.4 Å². The Hall–Kier alpha value is -2.54. The van der Waals surface area contributed by atoms with Gasteiger partial charge in [-0.2, -0.15) is 5.10 Å². The molecule has 7 heteroatoms. The summed E-state index contributed by atoms with van der Waals surface area (Å²) in [5, 5.41) is 4.21. The van der Waals surface area contributed by atoms with Crippen molar-refractivity contribution in [1.29, 1.82) is 0 Å². The Labute approximate surface area is 163 Å². The third-order valence-corrected chi connectivity index (χ3v) is 7.12. The lowest BCUT2D eigenvalue weighted by Gasteiger charge is -2.51. The molecule has 4 fully saturated rings. The summed E-state index contributed by atoms with van der Waals surface area (Å²) in [7, 11) is 1.84. The van der Waals surface area contributed by atoms with Crippen molar-refractivity contribution < 1.29 is 14.3 Å². The second-order valence-corrected chi connectivity index (χ2v) is 8.37. The van der Waals surface area contributed by atoms with Crippen molar-refractivity contribution in [3.05, 3.63) is 41.7 Å². The SMILES string of the molecule is Cn1nccc1C(=O)N1C[C@@H](c2ccc3c(c2)OCO3)[C@@H]2[C@H]1C1CCN2CC1. The maximum Gasteiger partial charge on any atom is 0.272 e. The molecule has 5 aliphatic heterocycles. The summed E-state index contributed by atoms with van der Waals surface area (Å²) in [4.78, 5) is 18.2. The number of carbonyl (C=O) groups excluding carboxylic acids is 1. The first-order valence-corrected chi connectivity index (χ1v) is 10.1. The molecule has 1 aromatic carbocycles. The number of aryl methyl sites for hydroxylation is 1. The van der Waals surface area contributed by atoms with E-state index in [2.05, 4.69) is 27.0 Å². The topological polar surface area (TPSA) is 59.8 Å². The maximum absolute atomic E-state index is 13.4. The Balaban J connectivity index is 1.39. The number of carbonyl (C=O) groups is 1. The van der Waals surface area contributed by atoms with Crippen molar-refractivity contribution in [2.45, 2.75) is 30.8 Å². The number of hydrogen-bond acceptors (Lipinski definition) is 5. The Bertz CT molecular complexity index is 933.